The third-order valence-electron chi connectivity index (χ3n) is 1.29. The van der Waals surface area contributed by atoms with Crippen molar-refractivity contribution in [2.24, 2.45) is 0 Å². The fourth-order valence-electron chi connectivity index (χ4n) is 0.762. The standard InChI is InChI=1S/C8H7IN2.BrH/c1-2-5-11-6-7(9)3-4-8(11)10;/h1,3-4,6,10H,5H2;1H. The average Bonchev–Trinajstić information content (AvgIpc) is 1.98. The van der Waals surface area contributed by atoms with Crippen LogP contribution in [0.5, 0.6) is 0 Å². The van der Waals surface area contributed by atoms with Gasteiger partial charge >= 0.3 is 0 Å². The van der Waals surface area contributed by atoms with Crippen molar-refractivity contribution in [2.75, 3.05) is 5.73 Å². The van der Waals surface area contributed by atoms with E-state index in [1.54, 1.807) is 0 Å². The van der Waals surface area contributed by atoms with E-state index in [2.05, 4.69) is 28.5 Å². The Morgan fingerprint density at radius 1 is 1.58 bits per heavy atom. The van der Waals surface area contributed by atoms with E-state index in [4.69, 9.17) is 12.2 Å². The van der Waals surface area contributed by atoms with E-state index in [-0.39, 0.29) is 17.0 Å². The highest BCUT2D eigenvalue weighted by atomic mass is 127. The van der Waals surface area contributed by atoms with Gasteiger partial charge in [0.15, 0.2) is 6.54 Å². The SMILES string of the molecule is C#CC[n+]1cc(I)ccc1N.[Br-]. The Morgan fingerprint density at radius 3 is 2.83 bits per heavy atom. The molecular formula is C8H8BrIN2. The van der Waals surface area contributed by atoms with Gasteiger partial charge in [0, 0.05) is 6.07 Å². The molecule has 4 heteroatoms. The van der Waals surface area contributed by atoms with Gasteiger partial charge in [0.2, 0.25) is 0 Å². The molecule has 0 unspecified atom stereocenters. The average molecular weight is 339 g/mol. The van der Waals surface area contributed by atoms with Gasteiger partial charge in [-0.05, 0) is 28.7 Å². The lowest BCUT2D eigenvalue weighted by Crippen LogP contribution is -3.00. The molecule has 0 spiro atoms. The van der Waals surface area contributed by atoms with Crippen molar-refractivity contribution in [1.29, 1.82) is 0 Å². The predicted molar refractivity (Wildman–Crippen MR) is 52.6 cm³/mol. The number of pyridine rings is 1. The lowest BCUT2D eigenvalue weighted by Gasteiger charge is -1.97. The van der Waals surface area contributed by atoms with Crippen LogP contribution in [0.3, 0.4) is 0 Å². The van der Waals surface area contributed by atoms with E-state index in [1.165, 1.54) is 0 Å². The van der Waals surface area contributed by atoms with E-state index >= 15 is 0 Å². The molecule has 1 rings (SSSR count). The summed E-state index contributed by atoms with van der Waals surface area (Å²) in [6.07, 6.45) is 7.08. The summed E-state index contributed by atoms with van der Waals surface area (Å²) in [6.45, 7) is 0.530. The van der Waals surface area contributed by atoms with Gasteiger partial charge in [-0.15, -0.1) is 6.42 Å². The minimum absolute atomic E-state index is 0. The van der Waals surface area contributed by atoms with Crippen LogP contribution in [-0.4, -0.2) is 0 Å². The van der Waals surface area contributed by atoms with Crippen LogP contribution in [0, 0.1) is 15.9 Å². The minimum atomic E-state index is 0. The molecule has 1 aromatic rings. The molecule has 2 N–H and O–H groups in total. The number of hydrogen-bond acceptors (Lipinski definition) is 1. The third kappa shape index (κ3) is 2.99. The van der Waals surface area contributed by atoms with Crippen molar-refractivity contribution in [2.45, 2.75) is 6.54 Å². The van der Waals surface area contributed by atoms with Gasteiger partial charge in [0.1, 0.15) is 6.20 Å². The number of nitrogen functional groups attached to an aromatic ring is 1. The molecule has 0 saturated carbocycles. The van der Waals surface area contributed by atoms with Gasteiger partial charge in [-0.25, -0.2) is 4.57 Å². The van der Waals surface area contributed by atoms with Crippen molar-refractivity contribution in [3.05, 3.63) is 21.9 Å². The number of terminal acetylenes is 1. The zero-order valence-electron chi connectivity index (χ0n) is 6.30. The summed E-state index contributed by atoms with van der Waals surface area (Å²) in [7, 11) is 0. The van der Waals surface area contributed by atoms with Crippen LogP contribution in [0.4, 0.5) is 5.82 Å². The molecule has 12 heavy (non-hydrogen) atoms. The van der Waals surface area contributed by atoms with Crippen LogP contribution in [-0.2, 0) is 6.54 Å². The van der Waals surface area contributed by atoms with Crippen LogP contribution in [0.15, 0.2) is 18.3 Å². The van der Waals surface area contributed by atoms with Gasteiger partial charge in [0.25, 0.3) is 5.82 Å². The molecule has 64 valence electrons. The van der Waals surface area contributed by atoms with Crippen LogP contribution in [0.2, 0.25) is 0 Å². The zero-order chi connectivity index (χ0) is 8.27. The van der Waals surface area contributed by atoms with Crippen LogP contribution < -0.4 is 27.3 Å². The van der Waals surface area contributed by atoms with Crippen LogP contribution in [0.1, 0.15) is 0 Å². The van der Waals surface area contributed by atoms with Gasteiger partial charge in [-0.2, -0.15) is 0 Å². The molecule has 0 saturated heterocycles. The maximum Gasteiger partial charge on any atom is 0.273 e. The smallest absolute Gasteiger partial charge is 0.273 e. The fraction of sp³-hybridized carbons (Fsp3) is 0.125. The number of anilines is 1. The summed E-state index contributed by atoms with van der Waals surface area (Å²) in [5.74, 6) is 3.23. The normalized spacial score (nSPS) is 8.33. The maximum absolute atomic E-state index is 5.64. The van der Waals surface area contributed by atoms with E-state index < -0.39 is 0 Å². The Balaban J connectivity index is 0.00000121. The molecule has 1 heterocycles. The largest absolute Gasteiger partial charge is 1.00 e. The molecule has 0 fully saturated rings. The molecule has 0 radical (unpaired) electrons. The Morgan fingerprint density at radius 2 is 2.25 bits per heavy atom. The second-order valence-corrected chi connectivity index (χ2v) is 3.35. The second-order valence-electron chi connectivity index (χ2n) is 2.10. The van der Waals surface area contributed by atoms with Gasteiger partial charge in [-0.1, -0.05) is 5.92 Å². The van der Waals surface area contributed by atoms with Crippen molar-refractivity contribution in [1.82, 2.24) is 0 Å². The van der Waals surface area contributed by atoms with E-state index in [0.717, 1.165) is 3.57 Å². The summed E-state index contributed by atoms with van der Waals surface area (Å²) in [6, 6.07) is 3.79. The Hall–Kier alpha value is -0.280. The molecule has 0 aliphatic carbocycles. The van der Waals surface area contributed by atoms with E-state index in [9.17, 15) is 0 Å². The summed E-state index contributed by atoms with van der Waals surface area (Å²) in [4.78, 5) is 0. The molecule has 2 nitrogen and oxygen atoms in total. The van der Waals surface area contributed by atoms with Gasteiger partial charge in [-0.3, -0.25) is 5.73 Å². The molecule has 0 aromatic carbocycles. The highest BCUT2D eigenvalue weighted by Crippen LogP contribution is 2.01. The molecule has 1 aromatic heterocycles. The van der Waals surface area contributed by atoms with Crippen LogP contribution in [0.25, 0.3) is 0 Å². The quantitative estimate of drug-likeness (QED) is 0.351. The number of hydrogen-bond donors (Lipinski definition) is 1. The number of nitrogens with two attached hydrogens (primary N) is 1. The summed E-state index contributed by atoms with van der Waals surface area (Å²) >= 11 is 2.22. The molecule has 0 atom stereocenters. The number of halogens is 2. The molecule has 0 bridgehead atoms. The summed E-state index contributed by atoms with van der Waals surface area (Å²) < 4.78 is 2.97. The molecular weight excluding hydrogens is 331 g/mol. The fourth-order valence-corrected chi connectivity index (χ4v) is 1.28. The first-order valence-corrected chi connectivity index (χ1v) is 4.20. The topological polar surface area (TPSA) is 29.9 Å². The van der Waals surface area contributed by atoms with Crippen molar-refractivity contribution in [3.8, 4) is 12.3 Å². The Bertz CT molecular complexity index is 306. The first-order valence-electron chi connectivity index (χ1n) is 3.12. The van der Waals surface area contributed by atoms with Gasteiger partial charge < -0.3 is 17.0 Å². The molecule has 0 aliphatic rings. The Labute approximate surface area is 96.1 Å². The third-order valence-corrected chi connectivity index (χ3v) is 1.92. The monoisotopic (exact) mass is 338 g/mol. The van der Waals surface area contributed by atoms with Crippen molar-refractivity contribution in [3.63, 3.8) is 0 Å². The predicted octanol–water partition coefficient (Wildman–Crippen LogP) is -2.20. The van der Waals surface area contributed by atoms with E-state index in [0.29, 0.717) is 12.4 Å². The van der Waals surface area contributed by atoms with Crippen molar-refractivity contribution < 1.29 is 21.5 Å². The highest BCUT2D eigenvalue weighted by molar-refractivity contribution is 14.1. The number of rotatable bonds is 1. The first-order chi connectivity index (χ1) is 5.24. The lowest BCUT2D eigenvalue weighted by atomic mass is 10.4. The minimum Gasteiger partial charge on any atom is -1.00 e. The zero-order valence-corrected chi connectivity index (χ0v) is 10.0. The lowest BCUT2D eigenvalue weighted by molar-refractivity contribution is -0.671. The van der Waals surface area contributed by atoms with Crippen LogP contribution >= 0.6 is 22.6 Å². The summed E-state index contributed by atoms with van der Waals surface area (Å²) in [5.41, 5.74) is 5.64. The maximum atomic E-state index is 5.64. The number of aromatic nitrogens is 1. The Kier molecular flexibility index (Phi) is 5.25. The molecule has 0 amide bonds. The first kappa shape index (κ1) is 11.7. The van der Waals surface area contributed by atoms with Crippen molar-refractivity contribution >= 4 is 28.4 Å². The highest BCUT2D eigenvalue weighted by Gasteiger charge is 2.01. The van der Waals surface area contributed by atoms with Gasteiger partial charge in [0.05, 0.1) is 3.57 Å². The summed E-state index contributed by atoms with van der Waals surface area (Å²) in [5, 5.41) is 0. The molecule has 0 aliphatic heterocycles. The number of nitrogens with zero attached hydrogens (tertiary/aromatic N) is 1. The van der Waals surface area contributed by atoms with E-state index in [1.807, 2.05) is 22.9 Å². The second kappa shape index (κ2) is 5.38.